The summed E-state index contributed by atoms with van der Waals surface area (Å²) < 4.78 is 0. The first-order valence-electron chi connectivity index (χ1n) is 3.49. The van der Waals surface area contributed by atoms with Crippen LogP contribution in [0.2, 0.25) is 0 Å². The molecule has 0 atom stereocenters. The van der Waals surface area contributed by atoms with Gasteiger partial charge in [-0.3, -0.25) is 9.59 Å². The standard InChI is InChI=1S/C7H13NO3/c1-3-7(11)4-8(5-9)6(2)10/h9H,3-5H2,1-2H3. The van der Waals surface area contributed by atoms with Crippen LogP contribution in [-0.4, -0.2) is 35.0 Å². The number of aliphatic hydroxyl groups is 1. The van der Waals surface area contributed by atoms with E-state index in [9.17, 15) is 9.59 Å². The zero-order valence-electron chi connectivity index (χ0n) is 6.83. The van der Waals surface area contributed by atoms with Gasteiger partial charge in [0.25, 0.3) is 0 Å². The number of nitrogens with zero attached hydrogens (tertiary/aromatic N) is 1. The molecule has 0 fully saturated rings. The van der Waals surface area contributed by atoms with Crippen LogP contribution in [0.1, 0.15) is 20.3 Å². The summed E-state index contributed by atoms with van der Waals surface area (Å²) >= 11 is 0. The van der Waals surface area contributed by atoms with Gasteiger partial charge in [0.15, 0.2) is 5.78 Å². The second-order valence-corrected chi connectivity index (χ2v) is 2.25. The number of hydrogen-bond donors (Lipinski definition) is 1. The minimum absolute atomic E-state index is 0.0162. The third kappa shape index (κ3) is 3.72. The van der Waals surface area contributed by atoms with Crippen molar-refractivity contribution in [1.29, 1.82) is 0 Å². The molecular formula is C7H13NO3. The molecule has 0 radical (unpaired) electrons. The van der Waals surface area contributed by atoms with Crippen molar-refractivity contribution in [3.8, 4) is 0 Å². The average Bonchev–Trinajstić information content (AvgIpc) is 1.99. The molecule has 4 nitrogen and oxygen atoms in total. The highest BCUT2D eigenvalue weighted by Crippen LogP contribution is 1.90. The molecule has 0 aromatic rings. The van der Waals surface area contributed by atoms with E-state index in [4.69, 9.17) is 5.11 Å². The van der Waals surface area contributed by atoms with E-state index in [0.717, 1.165) is 4.90 Å². The lowest BCUT2D eigenvalue weighted by atomic mass is 10.3. The summed E-state index contributed by atoms with van der Waals surface area (Å²) in [4.78, 5) is 22.5. The number of carbonyl (C=O) groups is 2. The zero-order chi connectivity index (χ0) is 8.85. The minimum Gasteiger partial charge on any atom is -0.376 e. The first kappa shape index (κ1) is 10.1. The van der Waals surface area contributed by atoms with Gasteiger partial charge in [0.2, 0.25) is 5.91 Å². The molecule has 0 aromatic heterocycles. The van der Waals surface area contributed by atoms with Crippen molar-refractivity contribution in [3.05, 3.63) is 0 Å². The number of hydrogen-bond acceptors (Lipinski definition) is 3. The monoisotopic (exact) mass is 159 g/mol. The molecule has 0 aliphatic heterocycles. The molecule has 0 aliphatic carbocycles. The third-order valence-electron chi connectivity index (χ3n) is 1.38. The number of Topliss-reactive ketones (excluding diaryl/α,β-unsaturated/α-hetero) is 1. The second kappa shape index (κ2) is 4.85. The Morgan fingerprint density at radius 2 is 2.00 bits per heavy atom. The lowest BCUT2D eigenvalue weighted by Crippen LogP contribution is -2.34. The molecule has 0 spiro atoms. The Labute approximate surface area is 65.8 Å². The number of amides is 1. The van der Waals surface area contributed by atoms with Crippen molar-refractivity contribution >= 4 is 11.7 Å². The number of carbonyl (C=O) groups excluding carboxylic acids is 2. The molecule has 0 bridgehead atoms. The van der Waals surface area contributed by atoms with Crippen molar-refractivity contribution in [2.45, 2.75) is 20.3 Å². The van der Waals surface area contributed by atoms with Crippen molar-refractivity contribution in [2.75, 3.05) is 13.3 Å². The Morgan fingerprint density at radius 3 is 2.27 bits per heavy atom. The van der Waals surface area contributed by atoms with Crippen LogP contribution in [0.5, 0.6) is 0 Å². The molecule has 0 aliphatic rings. The van der Waals surface area contributed by atoms with E-state index in [1.807, 2.05) is 0 Å². The lowest BCUT2D eigenvalue weighted by Gasteiger charge is -2.15. The Morgan fingerprint density at radius 1 is 1.45 bits per heavy atom. The van der Waals surface area contributed by atoms with Crippen LogP contribution < -0.4 is 0 Å². The van der Waals surface area contributed by atoms with Crippen LogP contribution in [-0.2, 0) is 9.59 Å². The van der Waals surface area contributed by atoms with Gasteiger partial charge in [-0.1, -0.05) is 6.92 Å². The third-order valence-corrected chi connectivity index (χ3v) is 1.38. The summed E-state index contributed by atoms with van der Waals surface area (Å²) in [6.45, 7) is 2.67. The molecule has 1 amide bonds. The van der Waals surface area contributed by atoms with Gasteiger partial charge in [0.05, 0.1) is 6.54 Å². The van der Waals surface area contributed by atoms with Gasteiger partial charge in [-0.2, -0.15) is 0 Å². The molecule has 11 heavy (non-hydrogen) atoms. The highest BCUT2D eigenvalue weighted by Gasteiger charge is 2.09. The first-order valence-corrected chi connectivity index (χ1v) is 3.49. The van der Waals surface area contributed by atoms with Gasteiger partial charge in [0, 0.05) is 13.3 Å². The predicted molar refractivity (Wildman–Crippen MR) is 39.8 cm³/mol. The summed E-state index contributed by atoms with van der Waals surface area (Å²) in [5.74, 6) is -0.330. The first-order chi connectivity index (χ1) is 5.11. The normalized spacial score (nSPS) is 9.36. The fourth-order valence-corrected chi connectivity index (χ4v) is 0.586. The molecule has 1 N–H and O–H groups in total. The van der Waals surface area contributed by atoms with Gasteiger partial charge in [-0.05, 0) is 0 Å². The van der Waals surface area contributed by atoms with Crippen molar-refractivity contribution < 1.29 is 14.7 Å². The summed E-state index contributed by atoms with van der Waals surface area (Å²) in [7, 11) is 0. The van der Waals surface area contributed by atoms with E-state index in [2.05, 4.69) is 0 Å². The van der Waals surface area contributed by atoms with Crippen LogP contribution >= 0.6 is 0 Å². The Bertz CT molecular complexity index is 156. The molecule has 0 aromatic carbocycles. The Hall–Kier alpha value is -0.900. The Balaban J connectivity index is 3.88. The van der Waals surface area contributed by atoms with Crippen molar-refractivity contribution in [2.24, 2.45) is 0 Å². The highest BCUT2D eigenvalue weighted by molar-refractivity contribution is 5.84. The van der Waals surface area contributed by atoms with Crippen LogP contribution in [0.4, 0.5) is 0 Å². The van der Waals surface area contributed by atoms with Crippen molar-refractivity contribution in [1.82, 2.24) is 4.90 Å². The fourth-order valence-electron chi connectivity index (χ4n) is 0.586. The van der Waals surface area contributed by atoms with Gasteiger partial charge in [-0.15, -0.1) is 0 Å². The number of rotatable bonds is 4. The van der Waals surface area contributed by atoms with Crippen LogP contribution in [0.3, 0.4) is 0 Å². The predicted octanol–water partition coefficient (Wildman–Crippen LogP) is -0.236. The maximum absolute atomic E-state index is 10.8. The summed E-state index contributed by atoms with van der Waals surface area (Å²) in [6, 6.07) is 0. The van der Waals surface area contributed by atoms with Crippen LogP contribution in [0, 0.1) is 0 Å². The molecule has 0 saturated heterocycles. The van der Waals surface area contributed by atoms with Gasteiger partial charge < -0.3 is 10.0 Å². The van der Waals surface area contributed by atoms with Crippen LogP contribution in [0.15, 0.2) is 0 Å². The topological polar surface area (TPSA) is 57.6 Å². The molecule has 0 rings (SSSR count). The van der Waals surface area contributed by atoms with Gasteiger partial charge in [0.1, 0.15) is 6.73 Å². The SMILES string of the molecule is CCC(=O)CN(CO)C(C)=O. The smallest absolute Gasteiger partial charge is 0.221 e. The number of ketones is 1. The largest absolute Gasteiger partial charge is 0.376 e. The minimum atomic E-state index is -0.388. The maximum atomic E-state index is 10.8. The van der Waals surface area contributed by atoms with Crippen molar-refractivity contribution in [3.63, 3.8) is 0 Å². The quantitative estimate of drug-likeness (QED) is 0.576. The highest BCUT2D eigenvalue weighted by atomic mass is 16.3. The maximum Gasteiger partial charge on any atom is 0.221 e. The second-order valence-electron chi connectivity index (χ2n) is 2.25. The summed E-state index contributed by atoms with van der Waals surface area (Å²) in [5.41, 5.74) is 0. The van der Waals surface area contributed by atoms with Gasteiger partial charge in [-0.25, -0.2) is 0 Å². The molecule has 0 saturated carbocycles. The zero-order valence-corrected chi connectivity index (χ0v) is 6.83. The van der Waals surface area contributed by atoms with E-state index < -0.39 is 0 Å². The van der Waals surface area contributed by atoms with E-state index in [1.165, 1.54) is 6.92 Å². The van der Waals surface area contributed by atoms with E-state index in [-0.39, 0.29) is 25.0 Å². The molecule has 0 heterocycles. The fraction of sp³-hybridized carbons (Fsp3) is 0.714. The van der Waals surface area contributed by atoms with Gasteiger partial charge >= 0.3 is 0 Å². The van der Waals surface area contributed by atoms with E-state index in [0.29, 0.717) is 6.42 Å². The number of aliphatic hydroxyl groups excluding tert-OH is 1. The van der Waals surface area contributed by atoms with E-state index >= 15 is 0 Å². The molecular weight excluding hydrogens is 146 g/mol. The summed E-state index contributed by atoms with van der Waals surface area (Å²) in [5, 5.41) is 8.59. The Kier molecular flexibility index (Phi) is 4.45. The van der Waals surface area contributed by atoms with Crippen LogP contribution in [0.25, 0.3) is 0 Å². The van der Waals surface area contributed by atoms with E-state index in [1.54, 1.807) is 6.92 Å². The molecule has 0 unspecified atom stereocenters. The molecule has 64 valence electrons. The average molecular weight is 159 g/mol. The summed E-state index contributed by atoms with van der Waals surface area (Å²) in [6.07, 6.45) is 0.393. The lowest BCUT2D eigenvalue weighted by molar-refractivity contribution is -0.137. The molecule has 4 heteroatoms.